The van der Waals surface area contributed by atoms with E-state index in [1.54, 1.807) is 6.92 Å². The van der Waals surface area contributed by atoms with Crippen molar-refractivity contribution in [3.05, 3.63) is 28.5 Å². The maximum Gasteiger partial charge on any atom is 0.177 e. The van der Waals surface area contributed by atoms with Crippen LogP contribution in [0.1, 0.15) is 23.7 Å². The van der Waals surface area contributed by atoms with Gasteiger partial charge in [-0.15, -0.1) is 0 Å². The molecule has 0 radical (unpaired) electrons. The van der Waals surface area contributed by atoms with Crippen molar-refractivity contribution in [1.29, 1.82) is 0 Å². The van der Waals surface area contributed by atoms with Crippen molar-refractivity contribution in [2.75, 3.05) is 7.11 Å². The molecule has 0 aliphatic heterocycles. The number of rotatable bonds is 3. The monoisotopic (exact) mass is 216 g/mol. The van der Waals surface area contributed by atoms with Crippen molar-refractivity contribution in [3.8, 4) is 5.75 Å². The van der Waals surface area contributed by atoms with Crippen LogP contribution in [0.5, 0.6) is 5.75 Å². The summed E-state index contributed by atoms with van der Waals surface area (Å²) >= 11 is 5.72. The third kappa shape index (κ3) is 1.87. The maximum absolute atomic E-state index is 13.5. The highest BCUT2D eigenvalue weighted by Gasteiger charge is 2.18. The molecule has 0 unspecified atom stereocenters. The lowest BCUT2D eigenvalue weighted by atomic mass is 10.1. The van der Waals surface area contributed by atoms with Crippen LogP contribution in [0.25, 0.3) is 0 Å². The number of hydrogen-bond acceptors (Lipinski definition) is 2. The van der Waals surface area contributed by atoms with Crippen LogP contribution in [0.4, 0.5) is 4.39 Å². The normalized spacial score (nSPS) is 10.0. The molecule has 0 spiro atoms. The van der Waals surface area contributed by atoms with Gasteiger partial charge in [0, 0.05) is 6.42 Å². The second-order valence-corrected chi connectivity index (χ2v) is 3.12. The molecule has 1 aromatic rings. The maximum atomic E-state index is 13.5. The van der Waals surface area contributed by atoms with E-state index < -0.39 is 5.82 Å². The van der Waals surface area contributed by atoms with Gasteiger partial charge in [-0.3, -0.25) is 4.79 Å². The molecule has 0 aliphatic carbocycles. The second-order valence-electron chi connectivity index (χ2n) is 2.72. The number of hydrogen-bond donors (Lipinski definition) is 0. The number of Topliss-reactive ketones (excluding diaryl/α,β-unsaturated/α-hetero) is 1. The Bertz CT molecular complexity index is 363. The van der Waals surface area contributed by atoms with Crippen molar-refractivity contribution in [2.45, 2.75) is 13.3 Å². The molecule has 0 amide bonds. The fourth-order valence-electron chi connectivity index (χ4n) is 1.12. The van der Waals surface area contributed by atoms with Crippen molar-refractivity contribution in [1.82, 2.24) is 0 Å². The largest absolute Gasteiger partial charge is 0.494 e. The summed E-state index contributed by atoms with van der Waals surface area (Å²) in [5.74, 6) is -0.982. The molecule has 0 bridgehead atoms. The molecule has 1 rings (SSSR count). The minimum atomic E-state index is -0.688. The van der Waals surface area contributed by atoms with Crippen LogP contribution in [0, 0.1) is 5.82 Å². The van der Waals surface area contributed by atoms with Gasteiger partial charge in [-0.05, 0) is 12.1 Å². The third-order valence-electron chi connectivity index (χ3n) is 1.88. The van der Waals surface area contributed by atoms with Crippen LogP contribution >= 0.6 is 11.6 Å². The first-order valence-corrected chi connectivity index (χ1v) is 4.54. The number of ether oxygens (including phenoxy) is 1. The molecule has 0 fully saturated rings. The lowest BCUT2D eigenvalue weighted by Crippen LogP contribution is -2.03. The highest BCUT2D eigenvalue weighted by Crippen LogP contribution is 2.27. The molecule has 0 aromatic heterocycles. The van der Waals surface area contributed by atoms with Crippen LogP contribution < -0.4 is 4.74 Å². The molecule has 14 heavy (non-hydrogen) atoms. The minimum absolute atomic E-state index is 0.0335. The molecular weight excluding hydrogens is 207 g/mol. The van der Waals surface area contributed by atoms with Crippen LogP contribution in [-0.4, -0.2) is 12.9 Å². The van der Waals surface area contributed by atoms with E-state index in [1.165, 1.54) is 19.2 Å². The zero-order chi connectivity index (χ0) is 10.7. The van der Waals surface area contributed by atoms with E-state index in [4.69, 9.17) is 16.3 Å². The van der Waals surface area contributed by atoms with E-state index in [0.29, 0.717) is 0 Å². The summed E-state index contributed by atoms with van der Waals surface area (Å²) in [5, 5.41) is 0.121. The molecule has 0 aliphatic rings. The lowest BCUT2D eigenvalue weighted by molar-refractivity contribution is 0.0983. The Morgan fingerprint density at radius 2 is 2.21 bits per heavy atom. The Labute approximate surface area is 86.6 Å². The summed E-state index contributed by atoms with van der Waals surface area (Å²) in [6.45, 7) is 1.65. The van der Waals surface area contributed by atoms with Crippen LogP contribution in [0.2, 0.25) is 5.02 Å². The molecule has 1 aromatic carbocycles. The van der Waals surface area contributed by atoms with Gasteiger partial charge in [-0.1, -0.05) is 18.5 Å². The second kappa shape index (κ2) is 4.42. The van der Waals surface area contributed by atoms with Crippen molar-refractivity contribution < 1.29 is 13.9 Å². The van der Waals surface area contributed by atoms with E-state index in [9.17, 15) is 9.18 Å². The van der Waals surface area contributed by atoms with Gasteiger partial charge in [0.1, 0.15) is 0 Å². The molecule has 0 heterocycles. The first-order chi connectivity index (χ1) is 6.61. The number of carbonyl (C=O) groups is 1. The molecule has 0 saturated carbocycles. The van der Waals surface area contributed by atoms with E-state index in [1.807, 2.05) is 0 Å². The summed E-state index contributed by atoms with van der Waals surface area (Å²) < 4.78 is 18.3. The molecule has 4 heteroatoms. The van der Waals surface area contributed by atoms with Crippen LogP contribution in [0.15, 0.2) is 12.1 Å². The Balaban J connectivity index is 3.32. The van der Waals surface area contributed by atoms with Crippen molar-refractivity contribution >= 4 is 17.4 Å². The number of halogens is 2. The SMILES string of the molecule is CCC(=O)c1c(Cl)ccc(OC)c1F. The van der Waals surface area contributed by atoms with E-state index in [2.05, 4.69) is 0 Å². The Kier molecular flexibility index (Phi) is 3.47. The Morgan fingerprint density at radius 1 is 1.57 bits per heavy atom. The quantitative estimate of drug-likeness (QED) is 0.726. The van der Waals surface area contributed by atoms with Gasteiger partial charge in [0.25, 0.3) is 0 Å². The van der Waals surface area contributed by atoms with Crippen LogP contribution in [-0.2, 0) is 0 Å². The lowest BCUT2D eigenvalue weighted by Gasteiger charge is -2.07. The summed E-state index contributed by atoms with van der Waals surface area (Å²) in [5.41, 5.74) is -0.0893. The third-order valence-corrected chi connectivity index (χ3v) is 2.19. The average molecular weight is 217 g/mol. The highest BCUT2D eigenvalue weighted by atomic mass is 35.5. The average Bonchev–Trinajstić information content (AvgIpc) is 2.18. The van der Waals surface area contributed by atoms with Gasteiger partial charge >= 0.3 is 0 Å². The van der Waals surface area contributed by atoms with Gasteiger partial charge in [0.05, 0.1) is 17.7 Å². The minimum Gasteiger partial charge on any atom is -0.494 e. The summed E-state index contributed by atoms with van der Waals surface area (Å²) in [6.07, 6.45) is 0.212. The standard InChI is InChI=1S/C10H10ClFO2/c1-3-7(13)9-6(11)4-5-8(14-2)10(9)12/h4-5H,3H2,1-2H3. The zero-order valence-electron chi connectivity index (χ0n) is 7.93. The van der Waals surface area contributed by atoms with Gasteiger partial charge in [-0.2, -0.15) is 0 Å². The zero-order valence-corrected chi connectivity index (χ0v) is 8.69. The van der Waals surface area contributed by atoms with Gasteiger partial charge in [0.2, 0.25) is 0 Å². The summed E-state index contributed by atoms with van der Waals surface area (Å²) in [6, 6.07) is 2.84. The van der Waals surface area contributed by atoms with Gasteiger partial charge < -0.3 is 4.74 Å². The number of ketones is 1. The van der Waals surface area contributed by atoms with Crippen molar-refractivity contribution in [3.63, 3.8) is 0 Å². The predicted octanol–water partition coefficient (Wildman–Crippen LogP) is 3.08. The fourth-order valence-corrected chi connectivity index (χ4v) is 1.37. The molecule has 0 atom stereocenters. The number of benzene rings is 1. The number of methoxy groups -OCH3 is 1. The number of carbonyl (C=O) groups excluding carboxylic acids is 1. The van der Waals surface area contributed by atoms with Crippen LogP contribution in [0.3, 0.4) is 0 Å². The smallest absolute Gasteiger partial charge is 0.177 e. The van der Waals surface area contributed by atoms with E-state index in [0.717, 1.165) is 0 Å². The van der Waals surface area contributed by atoms with E-state index >= 15 is 0 Å². The summed E-state index contributed by atoms with van der Waals surface area (Å²) in [7, 11) is 1.34. The topological polar surface area (TPSA) is 26.3 Å². The van der Waals surface area contributed by atoms with Gasteiger partial charge in [-0.25, -0.2) is 4.39 Å². The summed E-state index contributed by atoms with van der Waals surface area (Å²) in [4.78, 5) is 11.3. The molecular formula is C10H10ClFO2. The first kappa shape index (κ1) is 11.0. The first-order valence-electron chi connectivity index (χ1n) is 4.17. The van der Waals surface area contributed by atoms with Crippen molar-refractivity contribution in [2.24, 2.45) is 0 Å². The molecule has 0 N–H and O–H groups in total. The fraction of sp³-hybridized carbons (Fsp3) is 0.300. The predicted molar refractivity (Wildman–Crippen MR) is 52.6 cm³/mol. The Hall–Kier alpha value is -1.09. The molecule has 0 saturated heterocycles. The molecule has 76 valence electrons. The molecule has 2 nitrogen and oxygen atoms in total. The highest BCUT2D eigenvalue weighted by molar-refractivity contribution is 6.34. The Morgan fingerprint density at radius 3 is 2.71 bits per heavy atom. The van der Waals surface area contributed by atoms with Gasteiger partial charge in [0.15, 0.2) is 17.3 Å². The van der Waals surface area contributed by atoms with E-state index in [-0.39, 0.29) is 28.5 Å².